The summed E-state index contributed by atoms with van der Waals surface area (Å²) in [6.07, 6.45) is 0. The topological polar surface area (TPSA) is 51.2 Å². The third kappa shape index (κ3) is 3.05. The van der Waals surface area contributed by atoms with Gasteiger partial charge in [0.15, 0.2) is 0 Å². The molecule has 0 aliphatic rings. The normalized spacial score (nSPS) is 10.3. The van der Waals surface area contributed by atoms with Crippen LogP contribution in [0.15, 0.2) is 23.0 Å². The number of carbonyl (C=O) groups is 1. The Morgan fingerprint density at radius 1 is 1.42 bits per heavy atom. The van der Waals surface area contributed by atoms with E-state index in [1.807, 2.05) is 0 Å². The van der Waals surface area contributed by atoms with E-state index in [1.54, 1.807) is 10.9 Å². The third-order valence-corrected chi connectivity index (χ3v) is 3.04. The summed E-state index contributed by atoms with van der Waals surface area (Å²) in [6, 6.07) is 1.73. The zero-order valence-electron chi connectivity index (χ0n) is 9.94. The number of hydrogen-bond acceptors (Lipinski definition) is 5. The highest BCUT2D eigenvalue weighted by Gasteiger charge is 2.16. The van der Waals surface area contributed by atoms with E-state index in [4.69, 9.17) is 0 Å². The number of thiazole rings is 1. The lowest BCUT2D eigenvalue weighted by Crippen LogP contribution is -2.08. The van der Waals surface area contributed by atoms with Gasteiger partial charge in [0.2, 0.25) is 0 Å². The Bertz CT molecular complexity index is 588. The summed E-state index contributed by atoms with van der Waals surface area (Å²) in [5.74, 6) is -2.59. The molecule has 1 aromatic carbocycles. The predicted molar refractivity (Wildman–Crippen MR) is 67.1 cm³/mol. The molecule has 0 saturated carbocycles. The van der Waals surface area contributed by atoms with Crippen LogP contribution in [0.3, 0.4) is 0 Å². The standard InChI is InChI=1S/C12H10F2N2O2S/c1-18-12(17)8-2-11(10(14)3-9(8)13)15-4-7-5-19-6-16-7/h2-3,5-6,15H,4H2,1H3. The molecule has 0 amide bonds. The smallest absolute Gasteiger partial charge is 0.340 e. The highest BCUT2D eigenvalue weighted by molar-refractivity contribution is 7.07. The van der Waals surface area contributed by atoms with Crippen LogP contribution in [0.1, 0.15) is 16.1 Å². The fraction of sp³-hybridized carbons (Fsp3) is 0.167. The van der Waals surface area contributed by atoms with E-state index in [1.165, 1.54) is 11.3 Å². The fourth-order valence-electron chi connectivity index (χ4n) is 1.46. The van der Waals surface area contributed by atoms with E-state index < -0.39 is 17.6 Å². The van der Waals surface area contributed by atoms with E-state index >= 15 is 0 Å². The quantitative estimate of drug-likeness (QED) is 0.877. The Morgan fingerprint density at radius 3 is 2.84 bits per heavy atom. The molecule has 4 nitrogen and oxygen atoms in total. The number of esters is 1. The van der Waals surface area contributed by atoms with Gasteiger partial charge in [0.1, 0.15) is 11.6 Å². The zero-order chi connectivity index (χ0) is 13.8. The first-order valence-electron chi connectivity index (χ1n) is 5.30. The van der Waals surface area contributed by atoms with Gasteiger partial charge in [-0.05, 0) is 6.07 Å². The van der Waals surface area contributed by atoms with Gasteiger partial charge in [0, 0.05) is 11.4 Å². The molecule has 0 fully saturated rings. The molecule has 0 atom stereocenters. The van der Waals surface area contributed by atoms with Gasteiger partial charge in [-0.2, -0.15) is 0 Å². The van der Waals surface area contributed by atoms with Crippen LogP contribution in [0.25, 0.3) is 0 Å². The first-order chi connectivity index (χ1) is 9.11. The first-order valence-corrected chi connectivity index (χ1v) is 6.24. The molecule has 0 aliphatic heterocycles. The predicted octanol–water partition coefficient (Wildman–Crippen LogP) is 2.82. The Morgan fingerprint density at radius 2 is 2.21 bits per heavy atom. The highest BCUT2D eigenvalue weighted by Crippen LogP contribution is 2.21. The van der Waals surface area contributed by atoms with E-state index in [2.05, 4.69) is 15.0 Å². The molecule has 1 N–H and O–H groups in total. The molecule has 2 rings (SSSR count). The van der Waals surface area contributed by atoms with Gasteiger partial charge in [0.25, 0.3) is 0 Å². The van der Waals surface area contributed by atoms with Gasteiger partial charge < -0.3 is 10.1 Å². The summed E-state index contributed by atoms with van der Waals surface area (Å²) in [5, 5.41) is 4.56. The number of benzene rings is 1. The van der Waals surface area contributed by atoms with Crippen LogP contribution in [0.5, 0.6) is 0 Å². The van der Waals surface area contributed by atoms with Crippen LogP contribution < -0.4 is 5.32 Å². The Balaban J connectivity index is 2.22. The lowest BCUT2D eigenvalue weighted by Gasteiger charge is -2.09. The van der Waals surface area contributed by atoms with Crippen molar-refractivity contribution in [2.45, 2.75) is 6.54 Å². The van der Waals surface area contributed by atoms with Gasteiger partial charge in [-0.3, -0.25) is 0 Å². The number of aromatic nitrogens is 1. The van der Waals surface area contributed by atoms with Crippen LogP contribution in [-0.4, -0.2) is 18.1 Å². The number of rotatable bonds is 4. The summed E-state index contributed by atoms with van der Waals surface area (Å²) in [6.45, 7) is 0.284. The van der Waals surface area contributed by atoms with E-state index in [9.17, 15) is 13.6 Å². The lowest BCUT2D eigenvalue weighted by atomic mass is 10.1. The fourth-order valence-corrected chi connectivity index (χ4v) is 2.02. The van der Waals surface area contributed by atoms with Crippen LogP contribution >= 0.6 is 11.3 Å². The molecule has 19 heavy (non-hydrogen) atoms. The maximum Gasteiger partial charge on any atom is 0.340 e. The van der Waals surface area contributed by atoms with Crippen molar-refractivity contribution in [3.63, 3.8) is 0 Å². The average Bonchev–Trinajstić information content (AvgIpc) is 2.90. The van der Waals surface area contributed by atoms with Crippen molar-refractivity contribution in [3.05, 3.63) is 45.9 Å². The van der Waals surface area contributed by atoms with Gasteiger partial charge in [-0.1, -0.05) is 0 Å². The largest absolute Gasteiger partial charge is 0.465 e. The van der Waals surface area contributed by atoms with Gasteiger partial charge in [-0.15, -0.1) is 11.3 Å². The molecule has 1 heterocycles. The van der Waals surface area contributed by atoms with Gasteiger partial charge >= 0.3 is 5.97 Å². The van der Waals surface area contributed by atoms with E-state index in [0.717, 1.165) is 18.9 Å². The summed E-state index contributed by atoms with van der Waals surface area (Å²) < 4.78 is 31.4. The molecule has 7 heteroatoms. The van der Waals surface area contributed by atoms with E-state index in [0.29, 0.717) is 6.07 Å². The number of halogens is 2. The van der Waals surface area contributed by atoms with Crippen LogP contribution in [0, 0.1) is 11.6 Å². The molecule has 0 unspecified atom stereocenters. The van der Waals surface area contributed by atoms with E-state index in [-0.39, 0.29) is 17.8 Å². The number of anilines is 1. The Labute approximate surface area is 112 Å². The minimum Gasteiger partial charge on any atom is -0.465 e. The van der Waals surface area contributed by atoms with Crippen molar-refractivity contribution in [1.82, 2.24) is 4.98 Å². The number of hydrogen-bond donors (Lipinski definition) is 1. The first kappa shape index (κ1) is 13.4. The third-order valence-electron chi connectivity index (χ3n) is 2.41. The molecule has 0 spiro atoms. The molecule has 2 aromatic rings. The Hall–Kier alpha value is -2.02. The van der Waals surface area contributed by atoms with Crippen LogP contribution in [0.2, 0.25) is 0 Å². The molecular weight excluding hydrogens is 274 g/mol. The van der Waals surface area contributed by atoms with Crippen molar-refractivity contribution in [2.75, 3.05) is 12.4 Å². The van der Waals surface area contributed by atoms with Gasteiger partial charge in [0.05, 0.1) is 36.1 Å². The van der Waals surface area contributed by atoms with Crippen molar-refractivity contribution < 1.29 is 18.3 Å². The van der Waals surface area contributed by atoms with Gasteiger partial charge in [-0.25, -0.2) is 18.6 Å². The molecule has 0 saturated heterocycles. The molecule has 0 aliphatic carbocycles. The van der Waals surface area contributed by atoms with Crippen LogP contribution in [0.4, 0.5) is 14.5 Å². The molecule has 1 aromatic heterocycles. The maximum absolute atomic E-state index is 13.6. The highest BCUT2D eigenvalue weighted by atomic mass is 32.1. The summed E-state index contributed by atoms with van der Waals surface area (Å²) in [4.78, 5) is 15.3. The van der Waals surface area contributed by atoms with Crippen LogP contribution in [-0.2, 0) is 11.3 Å². The molecule has 100 valence electrons. The van der Waals surface area contributed by atoms with Crippen molar-refractivity contribution in [1.29, 1.82) is 0 Å². The number of nitrogens with zero attached hydrogens (tertiary/aromatic N) is 1. The number of nitrogens with one attached hydrogen (secondary N) is 1. The minimum absolute atomic E-state index is 0.0230. The van der Waals surface area contributed by atoms with Crippen molar-refractivity contribution in [3.8, 4) is 0 Å². The summed E-state index contributed by atoms with van der Waals surface area (Å²) >= 11 is 1.41. The molecular formula is C12H10F2N2O2S. The molecule has 0 bridgehead atoms. The van der Waals surface area contributed by atoms with Crippen molar-refractivity contribution in [2.24, 2.45) is 0 Å². The second-order valence-corrected chi connectivity index (χ2v) is 4.36. The monoisotopic (exact) mass is 284 g/mol. The summed E-state index contributed by atoms with van der Waals surface area (Å²) in [5.41, 5.74) is 2.09. The Kier molecular flexibility index (Phi) is 4.06. The number of methoxy groups -OCH3 is 1. The zero-order valence-corrected chi connectivity index (χ0v) is 10.8. The SMILES string of the molecule is COC(=O)c1cc(NCc2cscn2)c(F)cc1F. The number of carbonyl (C=O) groups excluding carboxylic acids is 1. The second kappa shape index (κ2) is 5.75. The number of ether oxygens (including phenoxy) is 1. The molecule has 0 radical (unpaired) electrons. The minimum atomic E-state index is -0.955. The van der Waals surface area contributed by atoms with Crippen molar-refractivity contribution >= 4 is 23.0 Å². The maximum atomic E-state index is 13.6. The average molecular weight is 284 g/mol. The lowest BCUT2D eigenvalue weighted by molar-refractivity contribution is 0.0595. The summed E-state index contributed by atoms with van der Waals surface area (Å²) in [7, 11) is 1.13. The second-order valence-electron chi connectivity index (χ2n) is 3.64.